The van der Waals surface area contributed by atoms with Crippen molar-refractivity contribution in [2.75, 3.05) is 6.54 Å². The summed E-state index contributed by atoms with van der Waals surface area (Å²) in [6, 6.07) is 12.7. The van der Waals surface area contributed by atoms with Crippen LogP contribution in [-0.4, -0.2) is 59.2 Å². The smallest absolute Gasteiger partial charge is 0.248 e. The van der Waals surface area contributed by atoms with Crippen molar-refractivity contribution in [1.29, 1.82) is 5.26 Å². The van der Waals surface area contributed by atoms with E-state index in [9.17, 15) is 19.6 Å². The van der Waals surface area contributed by atoms with E-state index in [0.717, 1.165) is 35.1 Å². The van der Waals surface area contributed by atoms with Gasteiger partial charge in [0.15, 0.2) is 0 Å². The van der Waals surface area contributed by atoms with Gasteiger partial charge in [-0.25, -0.2) is 0 Å². The average Bonchev–Trinajstić information content (AvgIpc) is 3.64. The number of hydrogen-bond acceptors (Lipinski definition) is 6. The molecule has 3 aliphatic rings. The number of rotatable bonds is 9. The molecule has 10 nitrogen and oxygen atoms in total. The number of nitrogens with two attached hydrogens (primary N) is 3. The number of piperidine rings is 1. The lowest BCUT2D eigenvalue weighted by Gasteiger charge is -2.39. The number of likely N-dealkylation sites (tertiary alicyclic amines) is 1. The largest absolute Gasteiger partial charge is 0.386 e. The monoisotopic (exact) mass is 569 g/mol. The molecule has 4 atom stereocenters. The van der Waals surface area contributed by atoms with Crippen LogP contribution >= 0.6 is 0 Å². The highest BCUT2D eigenvalue weighted by atomic mass is 16.2. The lowest BCUT2D eigenvalue weighted by atomic mass is 9.67. The van der Waals surface area contributed by atoms with Gasteiger partial charge < -0.3 is 27.4 Å². The van der Waals surface area contributed by atoms with E-state index in [-0.39, 0.29) is 36.6 Å². The van der Waals surface area contributed by atoms with Gasteiger partial charge in [0.1, 0.15) is 11.9 Å². The predicted molar refractivity (Wildman–Crippen MR) is 160 cm³/mol. The number of nitrogens with zero attached hydrogens (tertiary/aromatic N) is 3. The van der Waals surface area contributed by atoms with Crippen molar-refractivity contribution in [3.8, 4) is 6.07 Å². The van der Waals surface area contributed by atoms with Gasteiger partial charge in [-0.2, -0.15) is 5.26 Å². The highest BCUT2D eigenvalue weighted by molar-refractivity contribution is 5.99. The molecule has 2 aromatic carbocycles. The lowest BCUT2D eigenvalue weighted by molar-refractivity contribution is -0.131. The molecule has 42 heavy (non-hydrogen) atoms. The van der Waals surface area contributed by atoms with Crippen LogP contribution < -0.4 is 22.5 Å². The van der Waals surface area contributed by atoms with Crippen LogP contribution in [0.5, 0.6) is 0 Å². The van der Waals surface area contributed by atoms with Gasteiger partial charge in [0, 0.05) is 29.3 Å². The molecule has 220 valence electrons. The normalized spacial score (nSPS) is 22.8. The molecule has 10 heteroatoms. The Hall–Kier alpha value is -4.23. The first-order valence-electron chi connectivity index (χ1n) is 14.6. The second kappa shape index (κ2) is 11.2. The van der Waals surface area contributed by atoms with Crippen molar-refractivity contribution in [1.82, 2.24) is 10.2 Å². The van der Waals surface area contributed by atoms with Gasteiger partial charge in [-0.15, -0.1) is 0 Å². The van der Waals surface area contributed by atoms with Gasteiger partial charge in [0.2, 0.25) is 17.7 Å². The summed E-state index contributed by atoms with van der Waals surface area (Å²) in [6.07, 6.45) is 3.36. The molecule has 5 rings (SSSR count). The second-order valence-electron chi connectivity index (χ2n) is 12.2. The summed E-state index contributed by atoms with van der Waals surface area (Å²) in [5, 5.41) is 13.0. The number of carbonyl (C=O) groups excluding carboxylic acids is 3. The van der Waals surface area contributed by atoms with Crippen molar-refractivity contribution in [3.05, 3.63) is 69.8 Å². The number of amidine groups is 1. The maximum absolute atomic E-state index is 13.2. The molecule has 1 aliphatic heterocycles. The van der Waals surface area contributed by atoms with Gasteiger partial charge in [0.25, 0.3) is 0 Å². The summed E-state index contributed by atoms with van der Waals surface area (Å²) in [4.78, 5) is 44.1. The van der Waals surface area contributed by atoms with E-state index in [1.54, 1.807) is 17.0 Å². The fraction of sp³-hybridized carbons (Fsp3) is 0.469. The Morgan fingerprint density at radius 3 is 2.07 bits per heavy atom. The Kier molecular flexibility index (Phi) is 7.82. The molecule has 2 aliphatic carbocycles. The zero-order chi connectivity index (χ0) is 30.3. The number of fused-ring (bicyclic) bond motifs is 3. The molecule has 2 aromatic rings. The molecule has 0 bridgehead atoms. The molecule has 0 unspecified atom stereocenters. The highest BCUT2D eigenvalue weighted by Gasteiger charge is 2.54. The van der Waals surface area contributed by atoms with Gasteiger partial charge >= 0.3 is 0 Å². The summed E-state index contributed by atoms with van der Waals surface area (Å²) < 4.78 is 0. The van der Waals surface area contributed by atoms with Crippen LogP contribution in [0.1, 0.15) is 83.0 Å². The number of primary amides is 2. The second-order valence-corrected chi connectivity index (χ2v) is 12.2. The number of aryl methyl sites for hydroxylation is 2. The number of nitriles is 1. The fourth-order valence-corrected chi connectivity index (χ4v) is 6.96. The molecule has 1 saturated heterocycles. The summed E-state index contributed by atoms with van der Waals surface area (Å²) in [5.41, 5.74) is 21.8. The topological polar surface area (TPSA) is 181 Å². The first-order valence-corrected chi connectivity index (χ1v) is 14.6. The molecular formula is C32H39N7O3. The van der Waals surface area contributed by atoms with E-state index < -0.39 is 17.2 Å². The Bertz CT molecular complexity index is 1440. The van der Waals surface area contributed by atoms with Crippen LogP contribution in [0.25, 0.3) is 0 Å². The van der Waals surface area contributed by atoms with Gasteiger partial charge in [0.05, 0.1) is 18.0 Å². The Morgan fingerprint density at radius 2 is 1.57 bits per heavy atom. The predicted octanol–water partition coefficient (Wildman–Crippen LogP) is 1.92. The number of aliphatic imine (C=N–C) groups is 1. The molecule has 3 amide bonds. The molecule has 1 saturated carbocycles. The Morgan fingerprint density at radius 1 is 1.00 bits per heavy atom. The molecule has 2 fully saturated rings. The van der Waals surface area contributed by atoms with Gasteiger partial charge in [-0.05, 0) is 105 Å². The zero-order valence-electron chi connectivity index (χ0n) is 24.4. The number of amides is 3. The Labute approximate surface area is 246 Å². The van der Waals surface area contributed by atoms with E-state index in [0.29, 0.717) is 42.1 Å². The zero-order valence-corrected chi connectivity index (χ0v) is 24.4. The van der Waals surface area contributed by atoms with Crippen molar-refractivity contribution in [2.24, 2.45) is 28.1 Å². The maximum atomic E-state index is 13.2. The van der Waals surface area contributed by atoms with E-state index in [1.807, 2.05) is 45.0 Å². The van der Waals surface area contributed by atoms with E-state index in [4.69, 9.17) is 22.2 Å². The van der Waals surface area contributed by atoms with Crippen LogP contribution in [0, 0.1) is 17.2 Å². The third kappa shape index (κ3) is 5.25. The third-order valence-electron chi connectivity index (χ3n) is 8.95. The molecule has 0 radical (unpaired) electrons. The van der Waals surface area contributed by atoms with Crippen LogP contribution in [0.15, 0.2) is 41.4 Å². The molecular weight excluding hydrogens is 530 g/mol. The molecule has 7 N–H and O–H groups in total. The summed E-state index contributed by atoms with van der Waals surface area (Å²) in [6.45, 7) is 6.02. The van der Waals surface area contributed by atoms with Crippen molar-refractivity contribution in [2.45, 2.75) is 82.5 Å². The van der Waals surface area contributed by atoms with Crippen LogP contribution in [-0.2, 0) is 23.1 Å². The van der Waals surface area contributed by atoms with E-state index in [1.165, 1.54) is 0 Å². The SMILES string of the molecule is CC(C)N=C(N)C1(C[C@@H](C)NCC(=O)N2[C@H](C#N)C[C@@H]3C[C@@H]32)c2ccc(C(N)=O)cc2CCc2cc(C(N)=O)ccc21. The first kappa shape index (κ1) is 29.3. The Balaban J connectivity index is 1.57. The van der Waals surface area contributed by atoms with E-state index in [2.05, 4.69) is 11.4 Å². The summed E-state index contributed by atoms with van der Waals surface area (Å²) in [7, 11) is 0. The number of nitrogens with one attached hydrogen (secondary N) is 1. The standard InChI is InChI=1S/C32H39N7O3/c1-17(2)38-31(36)32(14-18(3)37-16-28(40)39-24(15-33)12-23-13-27(23)39)25-8-6-21(29(34)41)10-19(25)4-5-20-11-22(30(35)42)7-9-26(20)32/h6-11,17-18,23-24,27,37H,4-5,12-14,16H2,1-3H3,(H2,34,41)(H2,35,42)(H2,36,38)/t18-,23-,24+,27+/m1/s1. The average molecular weight is 570 g/mol. The van der Waals surface area contributed by atoms with Crippen LogP contribution in [0.3, 0.4) is 0 Å². The number of hydrogen-bond donors (Lipinski definition) is 4. The van der Waals surface area contributed by atoms with Crippen molar-refractivity contribution >= 4 is 23.6 Å². The van der Waals surface area contributed by atoms with Crippen molar-refractivity contribution < 1.29 is 14.4 Å². The summed E-state index contributed by atoms with van der Waals surface area (Å²) in [5.74, 6) is -0.260. The fourth-order valence-electron chi connectivity index (χ4n) is 6.96. The van der Waals surface area contributed by atoms with E-state index >= 15 is 0 Å². The minimum atomic E-state index is -0.933. The summed E-state index contributed by atoms with van der Waals surface area (Å²) >= 11 is 0. The molecule has 0 spiro atoms. The minimum Gasteiger partial charge on any atom is -0.386 e. The maximum Gasteiger partial charge on any atom is 0.248 e. The number of carbonyl (C=O) groups is 3. The lowest BCUT2D eigenvalue weighted by Crippen LogP contribution is -2.50. The van der Waals surface area contributed by atoms with Crippen LogP contribution in [0.4, 0.5) is 0 Å². The molecule has 1 heterocycles. The van der Waals surface area contributed by atoms with Gasteiger partial charge in [-0.3, -0.25) is 19.4 Å². The minimum absolute atomic E-state index is 0.0739. The van der Waals surface area contributed by atoms with Gasteiger partial charge in [-0.1, -0.05) is 12.1 Å². The number of benzene rings is 2. The molecule has 0 aromatic heterocycles. The highest BCUT2D eigenvalue weighted by Crippen LogP contribution is 2.48. The van der Waals surface area contributed by atoms with Crippen LogP contribution in [0.2, 0.25) is 0 Å². The first-order chi connectivity index (χ1) is 20.0. The quantitative estimate of drug-likeness (QED) is 0.264. The third-order valence-corrected chi connectivity index (χ3v) is 8.95. The van der Waals surface area contributed by atoms with Crippen molar-refractivity contribution in [3.63, 3.8) is 0 Å².